The second-order valence-corrected chi connectivity index (χ2v) is 3.11. The average molecular weight is 194 g/mol. The number of hydrogen-bond donors (Lipinski definition) is 2. The lowest BCUT2D eigenvalue weighted by Gasteiger charge is -2.06. The minimum absolute atomic E-state index is 0.459. The Balaban J connectivity index is 2.84. The molecule has 2 aromatic rings. The fourth-order valence-electron chi connectivity index (χ4n) is 1.70. The van der Waals surface area contributed by atoms with Crippen molar-refractivity contribution < 1.29 is 4.84 Å². The van der Waals surface area contributed by atoms with Crippen molar-refractivity contribution in [3.63, 3.8) is 0 Å². The minimum Gasteiger partial charge on any atom is -0.414 e. The normalized spacial score (nSPS) is 11.0. The smallest absolute Gasteiger partial charge is 0.166 e. The number of nitrogens with two attached hydrogens (primary N) is 2. The largest absolute Gasteiger partial charge is 0.414 e. The van der Waals surface area contributed by atoms with Crippen LogP contribution in [0.3, 0.4) is 0 Å². The first kappa shape index (κ1) is 8.80. The summed E-state index contributed by atoms with van der Waals surface area (Å²) in [5.74, 6) is 0.459. The molecule has 14 heavy (non-hydrogen) atoms. The van der Waals surface area contributed by atoms with Gasteiger partial charge in [0.25, 0.3) is 0 Å². The molecule has 0 saturated carbocycles. The number of aryl methyl sites for hydroxylation is 1. The summed E-state index contributed by atoms with van der Waals surface area (Å²) in [6.07, 6.45) is 1.97. The van der Waals surface area contributed by atoms with Gasteiger partial charge in [0.1, 0.15) is 7.11 Å². The van der Waals surface area contributed by atoms with E-state index in [1.807, 2.05) is 16.8 Å². The number of rotatable bonds is 2. The SMILES string of the molecule is CCn1ccc2c(N)c(N)n(OC)c21. The van der Waals surface area contributed by atoms with Crippen molar-refractivity contribution in [1.82, 2.24) is 9.30 Å². The van der Waals surface area contributed by atoms with E-state index in [0.717, 1.165) is 17.6 Å². The predicted octanol–water partition coefficient (Wildman–Crippen LogP) is 0.685. The van der Waals surface area contributed by atoms with E-state index in [1.165, 1.54) is 0 Å². The zero-order chi connectivity index (χ0) is 10.3. The molecule has 76 valence electrons. The first-order chi connectivity index (χ1) is 6.70. The van der Waals surface area contributed by atoms with Gasteiger partial charge in [0, 0.05) is 18.1 Å². The Morgan fingerprint density at radius 2 is 2.14 bits per heavy atom. The molecule has 0 spiro atoms. The van der Waals surface area contributed by atoms with Gasteiger partial charge in [-0.3, -0.25) is 0 Å². The number of nitrogen functional groups attached to an aromatic ring is 2. The molecular formula is C9H14N4O. The van der Waals surface area contributed by atoms with Crippen LogP contribution in [0.15, 0.2) is 12.3 Å². The van der Waals surface area contributed by atoms with Crippen LogP contribution in [0.2, 0.25) is 0 Å². The number of anilines is 2. The monoisotopic (exact) mass is 194 g/mol. The first-order valence-corrected chi connectivity index (χ1v) is 4.49. The van der Waals surface area contributed by atoms with Crippen molar-refractivity contribution in [2.45, 2.75) is 13.5 Å². The predicted molar refractivity (Wildman–Crippen MR) is 56.9 cm³/mol. The van der Waals surface area contributed by atoms with Gasteiger partial charge in [-0.15, -0.1) is 4.73 Å². The maximum absolute atomic E-state index is 5.84. The van der Waals surface area contributed by atoms with E-state index in [2.05, 4.69) is 6.92 Å². The zero-order valence-corrected chi connectivity index (χ0v) is 8.32. The topological polar surface area (TPSA) is 71.1 Å². The van der Waals surface area contributed by atoms with Gasteiger partial charge in [0.05, 0.1) is 5.69 Å². The third kappa shape index (κ3) is 0.891. The van der Waals surface area contributed by atoms with Crippen molar-refractivity contribution in [3.8, 4) is 0 Å². The second kappa shape index (κ2) is 2.87. The van der Waals surface area contributed by atoms with Crippen LogP contribution >= 0.6 is 0 Å². The third-order valence-corrected chi connectivity index (χ3v) is 2.43. The molecular weight excluding hydrogens is 180 g/mol. The van der Waals surface area contributed by atoms with Gasteiger partial charge in [-0.1, -0.05) is 0 Å². The Morgan fingerprint density at radius 1 is 1.43 bits per heavy atom. The summed E-state index contributed by atoms with van der Waals surface area (Å²) in [7, 11) is 1.57. The van der Waals surface area contributed by atoms with Crippen LogP contribution in [0.25, 0.3) is 11.0 Å². The van der Waals surface area contributed by atoms with Crippen LogP contribution in [0.1, 0.15) is 6.92 Å². The lowest BCUT2D eigenvalue weighted by atomic mass is 10.3. The van der Waals surface area contributed by atoms with Crippen molar-refractivity contribution in [1.29, 1.82) is 0 Å². The summed E-state index contributed by atoms with van der Waals surface area (Å²) in [5, 5.41) is 0.936. The standard InChI is InChI=1S/C9H14N4O/c1-3-12-5-4-6-7(10)8(11)13(14-2)9(6)12/h4-5H,3,10-11H2,1-2H3. The molecule has 0 aliphatic carbocycles. The summed E-state index contributed by atoms with van der Waals surface area (Å²) in [6, 6.07) is 1.94. The highest BCUT2D eigenvalue weighted by Crippen LogP contribution is 2.30. The second-order valence-electron chi connectivity index (χ2n) is 3.11. The summed E-state index contributed by atoms with van der Waals surface area (Å²) in [5.41, 5.74) is 13.1. The zero-order valence-electron chi connectivity index (χ0n) is 8.32. The van der Waals surface area contributed by atoms with Crippen molar-refractivity contribution in [3.05, 3.63) is 12.3 Å². The lowest BCUT2D eigenvalue weighted by molar-refractivity contribution is 0.181. The van der Waals surface area contributed by atoms with Crippen LogP contribution in [-0.4, -0.2) is 16.4 Å². The number of nitrogens with zero attached hydrogens (tertiary/aromatic N) is 2. The van der Waals surface area contributed by atoms with Crippen molar-refractivity contribution >= 4 is 22.5 Å². The number of hydrogen-bond acceptors (Lipinski definition) is 3. The van der Waals surface area contributed by atoms with E-state index in [0.29, 0.717) is 11.5 Å². The minimum atomic E-state index is 0.459. The fraction of sp³-hybridized carbons (Fsp3) is 0.333. The fourth-order valence-corrected chi connectivity index (χ4v) is 1.70. The van der Waals surface area contributed by atoms with E-state index in [1.54, 1.807) is 11.8 Å². The van der Waals surface area contributed by atoms with Crippen LogP contribution < -0.4 is 16.3 Å². The molecule has 0 bridgehead atoms. The summed E-state index contributed by atoms with van der Waals surface area (Å²) in [4.78, 5) is 5.17. The van der Waals surface area contributed by atoms with Crippen LogP contribution in [-0.2, 0) is 6.54 Å². The highest BCUT2D eigenvalue weighted by atomic mass is 16.6. The number of fused-ring (bicyclic) bond motifs is 1. The third-order valence-electron chi connectivity index (χ3n) is 2.43. The van der Waals surface area contributed by atoms with Crippen molar-refractivity contribution in [2.75, 3.05) is 18.6 Å². The highest BCUT2D eigenvalue weighted by molar-refractivity contribution is 5.97. The molecule has 4 N–H and O–H groups in total. The Hall–Kier alpha value is -1.78. The lowest BCUT2D eigenvalue weighted by Crippen LogP contribution is -2.12. The van der Waals surface area contributed by atoms with Gasteiger partial charge in [-0.05, 0) is 13.0 Å². The highest BCUT2D eigenvalue weighted by Gasteiger charge is 2.15. The molecule has 0 amide bonds. The molecule has 0 saturated heterocycles. The molecule has 0 aliphatic heterocycles. The molecule has 2 heterocycles. The van der Waals surface area contributed by atoms with Gasteiger partial charge >= 0.3 is 0 Å². The van der Waals surface area contributed by atoms with Crippen LogP contribution in [0.4, 0.5) is 11.5 Å². The van der Waals surface area contributed by atoms with E-state index in [4.69, 9.17) is 16.3 Å². The van der Waals surface area contributed by atoms with Gasteiger partial charge in [0.2, 0.25) is 0 Å². The van der Waals surface area contributed by atoms with Gasteiger partial charge < -0.3 is 20.9 Å². The quantitative estimate of drug-likeness (QED) is 0.738. The van der Waals surface area contributed by atoms with E-state index < -0.39 is 0 Å². The molecule has 0 fully saturated rings. The molecule has 2 aromatic heterocycles. The molecule has 0 aliphatic rings. The Labute approximate surface area is 81.8 Å². The Kier molecular flexibility index (Phi) is 1.80. The average Bonchev–Trinajstić information content (AvgIpc) is 2.69. The summed E-state index contributed by atoms with van der Waals surface area (Å²) in [6.45, 7) is 2.91. The van der Waals surface area contributed by atoms with E-state index in [-0.39, 0.29) is 0 Å². The Bertz CT molecular complexity index is 469. The van der Waals surface area contributed by atoms with Gasteiger partial charge in [-0.25, -0.2) is 0 Å². The molecule has 0 aromatic carbocycles. The van der Waals surface area contributed by atoms with Crippen molar-refractivity contribution in [2.24, 2.45) is 0 Å². The number of aromatic nitrogens is 2. The molecule has 5 heteroatoms. The molecule has 0 unspecified atom stereocenters. The molecule has 0 atom stereocenters. The molecule has 0 radical (unpaired) electrons. The Morgan fingerprint density at radius 3 is 2.71 bits per heavy atom. The maximum atomic E-state index is 5.84. The molecule has 2 rings (SSSR count). The van der Waals surface area contributed by atoms with Crippen LogP contribution in [0.5, 0.6) is 0 Å². The van der Waals surface area contributed by atoms with E-state index in [9.17, 15) is 0 Å². The summed E-state index contributed by atoms with van der Waals surface area (Å²) < 4.78 is 3.58. The van der Waals surface area contributed by atoms with Gasteiger partial charge in [-0.2, -0.15) is 0 Å². The van der Waals surface area contributed by atoms with E-state index >= 15 is 0 Å². The van der Waals surface area contributed by atoms with Gasteiger partial charge in [0.15, 0.2) is 11.5 Å². The molecule has 5 nitrogen and oxygen atoms in total. The van der Waals surface area contributed by atoms with Crippen LogP contribution in [0, 0.1) is 0 Å². The first-order valence-electron chi connectivity index (χ1n) is 4.49. The summed E-state index contributed by atoms with van der Waals surface area (Å²) >= 11 is 0. The maximum Gasteiger partial charge on any atom is 0.166 e.